The van der Waals surface area contributed by atoms with Crippen molar-refractivity contribution in [1.29, 1.82) is 0 Å². The average molecular weight is 210 g/mol. The van der Waals surface area contributed by atoms with Crippen LogP contribution in [0.1, 0.15) is 40.0 Å². The largest absolute Gasteiger partial charge is 0.275 e. The lowest BCUT2D eigenvalue weighted by Gasteiger charge is -2.34. The number of rotatable bonds is 2. The molecule has 78 valence electrons. The molecule has 2 fully saturated rings. The van der Waals surface area contributed by atoms with E-state index in [-0.39, 0.29) is 0 Å². The molecule has 0 saturated heterocycles. The lowest BCUT2D eigenvalue weighted by Crippen LogP contribution is -2.33. The van der Waals surface area contributed by atoms with E-state index >= 15 is 0 Å². The van der Waals surface area contributed by atoms with Crippen LogP contribution in [0.2, 0.25) is 0 Å². The lowest BCUT2D eigenvalue weighted by atomic mass is 9.70. The van der Waals surface area contributed by atoms with Crippen LogP contribution in [0.3, 0.4) is 0 Å². The zero-order valence-corrected chi connectivity index (χ0v) is 9.95. The van der Waals surface area contributed by atoms with Gasteiger partial charge in [-0.05, 0) is 30.6 Å². The van der Waals surface area contributed by atoms with Gasteiger partial charge < -0.3 is 0 Å². The minimum atomic E-state index is 0.295. The quantitative estimate of drug-likeness (QED) is 0.560. The van der Waals surface area contributed by atoms with Crippen molar-refractivity contribution in [2.45, 2.75) is 40.0 Å². The van der Waals surface area contributed by atoms with Crippen LogP contribution in [0, 0.1) is 16.7 Å². The second-order valence-electron chi connectivity index (χ2n) is 5.30. The predicted octanol–water partition coefficient (Wildman–Crippen LogP) is 2.74. The highest BCUT2D eigenvalue weighted by atomic mass is 32.1. The van der Waals surface area contributed by atoms with Gasteiger partial charge in [-0.15, -0.1) is 0 Å². The Labute approximate surface area is 91.2 Å². The summed E-state index contributed by atoms with van der Waals surface area (Å²) in [6.45, 7) is 7.11. The second kappa shape index (κ2) is 3.02. The van der Waals surface area contributed by atoms with Gasteiger partial charge in [0.25, 0.3) is 0 Å². The second-order valence-corrected chi connectivity index (χ2v) is 5.53. The summed E-state index contributed by atoms with van der Waals surface area (Å²) in [5.74, 6) is 0.818. The van der Waals surface area contributed by atoms with Crippen molar-refractivity contribution in [3.05, 3.63) is 0 Å². The van der Waals surface area contributed by atoms with Crippen LogP contribution in [0.25, 0.3) is 0 Å². The highest BCUT2D eigenvalue weighted by Gasteiger charge is 2.59. The normalized spacial score (nSPS) is 41.6. The van der Waals surface area contributed by atoms with Crippen molar-refractivity contribution in [1.82, 2.24) is 5.43 Å². The van der Waals surface area contributed by atoms with Gasteiger partial charge in [0.1, 0.15) is 0 Å². The summed E-state index contributed by atoms with van der Waals surface area (Å²) in [4.78, 5) is 0. The highest BCUT2D eigenvalue weighted by Crippen LogP contribution is 2.63. The Morgan fingerprint density at radius 3 is 2.64 bits per heavy atom. The summed E-state index contributed by atoms with van der Waals surface area (Å²) in [7, 11) is 0. The van der Waals surface area contributed by atoms with Crippen LogP contribution < -0.4 is 5.43 Å². The molecule has 0 radical (unpaired) electrons. The maximum atomic E-state index is 4.72. The van der Waals surface area contributed by atoms with Crippen LogP contribution in [-0.2, 0) is 0 Å². The molecule has 2 atom stereocenters. The summed E-state index contributed by atoms with van der Waals surface area (Å²) < 4.78 is 0. The van der Waals surface area contributed by atoms with E-state index in [1.807, 2.05) is 0 Å². The van der Waals surface area contributed by atoms with Gasteiger partial charge in [-0.2, -0.15) is 5.10 Å². The van der Waals surface area contributed by atoms with Crippen LogP contribution >= 0.6 is 12.2 Å². The van der Waals surface area contributed by atoms with Gasteiger partial charge in [0, 0.05) is 11.1 Å². The Kier molecular flexibility index (Phi) is 2.18. The molecule has 2 unspecified atom stereocenters. The van der Waals surface area contributed by atoms with E-state index in [4.69, 9.17) is 12.2 Å². The van der Waals surface area contributed by atoms with E-state index in [0.717, 1.165) is 12.3 Å². The molecule has 0 heterocycles. The minimum Gasteiger partial charge on any atom is -0.275 e. The van der Waals surface area contributed by atoms with Crippen molar-refractivity contribution in [3.63, 3.8) is 0 Å². The Bertz CT molecular complexity index is 296. The predicted molar refractivity (Wildman–Crippen MR) is 63.5 cm³/mol. The highest BCUT2D eigenvalue weighted by molar-refractivity contribution is 7.78. The van der Waals surface area contributed by atoms with Crippen LogP contribution in [-0.4, -0.2) is 11.2 Å². The first-order valence-corrected chi connectivity index (χ1v) is 5.76. The Hall–Kier alpha value is -0.440. The Morgan fingerprint density at radius 2 is 2.21 bits per heavy atom. The monoisotopic (exact) mass is 210 g/mol. The fourth-order valence-electron chi connectivity index (χ4n) is 3.20. The van der Waals surface area contributed by atoms with Gasteiger partial charge in [0.2, 0.25) is 0 Å². The standard InChI is InChI=1S/C11H18N2S/c1-10(2)8-4-5-11(10,3)9(6-8)13-12-7-14/h7-8H,4-6H2,1-3H3,(H,12,14). The summed E-state index contributed by atoms with van der Waals surface area (Å²) >= 11 is 4.72. The third-order valence-electron chi connectivity index (χ3n) is 4.76. The zero-order valence-electron chi connectivity index (χ0n) is 9.13. The van der Waals surface area contributed by atoms with Crippen molar-refractivity contribution < 1.29 is 0 Å². The summed E-state index contributed by atoms with van der Waals surface area (Å²) in [5, 5.41) is 4.40. The lowest BCUT2D eigenvalue weighted by molar-refractivity contribution is 0.193. The SMILES string of the molecule is CC12CCC(CC1=NNC=S)C2(C)C. The first-order valence-electron chi connectivity index (χ1n) is 5.28. The van der Waals surface area contributed by atoms with E-state index in [2.05, 4.69) is 31.3 Å². The fraction of sp³-hybridized carbons (Fsp3) is 0.818. The number of hydrogen-bond acceptors (Lipinski definition) is 2. The maximum Gasteiger partial charge on any atom is 0.0829 e. The third kappa shape index (κ3) is 1.08. The molecule has 2 rings (SSSR count). The van der Waals surface area contributed by atoms with Crippen LogP contribution in [0.15, 0.2) is 5.10 Å². The molecular formula is C11H18N2S. The maximum absolute atomic E-state index is 4.72. The van der Waals surface area contributed by atoms with E-state index in [0.29, 0.717) is 10.8 Å². The van der Waals surface area contributed by atoms with E-state index in [1.54, 1.807) is 0 Å². The Morgan fingerprint density at radius 1 is 1.50 bits per heavy atom. The van der Waals surface area contributed by atoms with Gasteiger partial charge in [-0.1, -0.05) is 33.0 Å². The summed E-state index contributed by atoms with van der Waals surface area (Å²) in [5.41, 5.74) is 6.32. The molecule has 2 bridgehead atoms. The zero-order chi connectivity index (χ0) is 10.4. The molecule has 3 heteroatoms. The van der Waals surface area contributed by atoms with Crippen molar-refractivity contribution in [2.75, 3.05) is 0 Å². The molecule has 1 N–H and O–H groups in total. The molecule has 0 spiro atoms. The summed E-state index contributed by atoms with van der Waals surface area (Å²) in [6.07, 6.45) is 3.79. The van der Waals surface area contributed by atoms with Crippen LogP contribution in [0.4, 0.5) is 0 Å². The molecule has 0 aromatic rings. The van der Waals surface area contributed by atoms with Crippen molar-refractivity contribution in [2.24, 2.45) is 21.8 Å². The van der Waals surface area contributed by atoms with E-state index in [1.165, 1.54) is 24.0 Å². The van der Waals surface area contributed by atoms with Crippen LogP contribution in [0.5, 0.6) is 0 Å². The van der Waals surface area contributed by atoms with Gasteiger partial charge >= 0.3 is 0 Å². The number of hydrogen-bond donors (Lipinski definition) is 1. The first-order chi connectivity index (χ1) is 6.52. The molecule has 0 aliphatic heterocycles. The summed E-state index contributed by atoms with van der Waals surface area (Å²) in [6, 6.07) is 0. The number of fused-ring (bicyclic) bond motifs is 2. The minimum absolute atomic E-state index is 0.295. The van der Waals surface area contributed by atoms with Gasteiger partial charge in [0.05, 0.1) is 5.49 Å². The number of hydrazone groups is 1. The van der Waals surface area contributed by atoms with E-state index < -0.39 is 0 Å². The Balaban J connectivity index is 2.31. The molecule has 0 aromatic carbocycles. The first kappa shape index (κ1) is 10.1. The molecule has 14 heavy (non-hydrogen) atoms. The molecule has 2 nitrogen and oxygen atoms in total. The molecule has 0 aromatic heterocycles. The molecular weight excluding hydrogens is 192 g/mol. The number of thiocarbonyl (C=S) groups is 1. The topological polar surface area (TPSA) is 24.4 Å². The van der Waals surface area contributed by atoms with E-state index in [9.17, 15) is 0 Å². The fourth-order valence-corrected chi connectivity index (χ4v) is 3.25. The molecule has 0 amide bonds. The number of nitrogens with zero attached hydrogens (tertiary/aromatic N) is 1. The van der Waals surface area contributed by atoms with Crippen molar-refractivity contribution in [3.8, 4) is 0 Å². The van der Waals surface area contributed by atoms with Gasteiger partial charge in [0.15, 0.2) is 0 Å². The van der Waals surface area contributed by atoms with Crippen molar-refractivity contribution >= 4 is 23.4 Å². The van der Waals surface area contributed by atoms with Gasteiger partial charge in [-0.3, -0.25) is 5.43 Å². The number of nitrogens with one attached hydrogen (secondary N) is 1. The molecule has 2 aliphatic carbocycles. The average Bonchev–Trinajstić information content (AvgIpc) is 2.46. The van der Waals surface area contributed by atoms with Gasteiger partial charge in [-0.25, -0.2) is 0 Å². The smallest absolute Gasteiger partial charge is 0.0829 e. The molecule has 2 saturated carbocycles. The third-order valence-corrected chi connectivity index (χ3v) is 4.87. The molecule has 2 aliphatic rings.